The maximum absolute atomic E-state index is 13.9. The van der Waals surface area contributed by atoms with E-state index in [0.29, 0.717) is 34.1 Å². The third-order valence-corrected chi connectivity index (χ3v) is 6.10. The van der Waals surface area contributed by atoms with Crippen molar-refractivity contribution >= 4 is 17.5 Å². The van der Waals surface area contributed by atoms with Crippen LogP contribution in [0.4, 0.5) is 5.69 Å². The number of likely N-dealkylation sites (N-methyl/N-ethyl adjacent to an activating group) is 1. The summed E-state index contributed by atoms with van der Waals surface area (Å²) in [5.41, 5.74) is 3.21. The number of nitrogens with one attached hydrogen (secondary N) is 1. The number of hydrogen-bond donors (Lipinski definition) is 1. The second-order valence-corrected chi connectivity index (χ2v) is 8.11. The van der Waals surface area contributed by atoms with Crippen LogP contribution in [-0.2, 0) is 4.79 Å². The van der Waals surface area contributed by atoms with Crippen LogP contribution in [0.1, 0.15) is 39.0 Å². The summed E-state index contributed by atoms with van der Waals surface area (Å²) in [6, 6.07) is 12.0. The minimum atomic E-state index is -0.744. The van der Waals surface area contributed by atoms with Gasteiger partial charge in [-0.05, 0) is 53.9 Å². The van der Waals surface area contributed by atoms with Crippen LogP contribution in [0.2, 0.25) is 0 Å². The van der Waals surface area contributed by atoms with Gasteiger partial charge in [0.05, 0.1) is 39.0 Å². The molecule has 0 saturated carbocycles. The first-order valence-electron chi connectivity index (χ1n) is 10.8. The van der Waals surface area contributed by atoms with E-state index in [4.69, 9.17) is 14.2 Å². The second kappa shape index (κ2) is 9.43. The number of aromatic nitrogens is 1. The van der Waals surface area contributed by atoms with Crippen molar-refractivity contribution in [3.8, 4) is 17.2 Å². The van der Waals surface area contributed by atoms with Crippen molar-refractivity contribution in [1.82, 2.24) is 9.88 Å². The van der Waals surface area contributed by atoms with Gasteiger partial charge in [-0.15, -0.1) is 0 Å². The van der Waals surface area contributed by atoms with Crippen LogP contribution >= 0.6 is 0 Å². The molecule has 1 N–H and O–H groups in total. The van der Waals surface area contributed by atoms with E-state index in [-0.39, 0.29) is 11.8 Å². The predicted molar refractivity (Wildman–Crippen MR) is 128 cm³/mol. The molecule has 1 aliphatic heterocycles. The van der Waals surface area contributed by atoms with Gasteiger partial charge in [-0.25, -0.2) is 0 Å². The Hall–Kier alpha value is -4.07. The Labute approximate surface area is 198 Å². The lowest BCUT2D eigenvalue weighted by molar-refractivity contribution is -0.119. The van der Waals surface area contributed by atoms with Crippen LogP contribution in [0.3, 0.4) is 0 Å². The third kappa shape index (κ3) is 4.03. The molecule has 0 saturated heterocycles. The monoisotopic (exact) mass is 461 g/mol. The van der Waals surface area contributed by atoms with Gasteiger partial charge in [0, 0.05) is 25.0 Å². The molecule has 0 aliphatic carbocycles. The Morgan fingerprint density at radius 3 is 2.35 bits per heavy atom. The van der Waals surface area contributed by atoms with Gasteiger partial charge in [0.15, 0.2) is 11.5 Å². The summed E-state index contributed by atoms with van der Waals surface area (Å²) >= 11 is 0. The van der Waals surface area contributed by atoms with Gasteiger partial charge in [0.25, 0.3) is 5.91 Å². The van der Waals surface area contributed by atoms with E-state index in [9.17, 15) is 9.59 Å². The Morgan fingerprint density at radius 2 is 1.71 bits per heavy atom. The van der Waals surface area contributed by atoms with E-state index in [1.165, 1.54) is 14.2 Å². The number of fused-ring (bicyclic) bond motifs is 1. The zero-order valence-electron chi connectivity index (χ0n) is 19.8. The fraction of sp³-hybridized carbons (Fsp3) is 0.269. The van der Waals surface area contributed by atoms with E-state index in [1.54, 1.807) is 49.7 Å². The number of benzene rings is 2. The molecule has 1 aromatic heterocycles. The molecule has 3 aromatic rings. The average molecular weight is 462 g/mol. The number of carbonyl (C=O) groups excluding carboxylic acids is 2. The lowest BCUT2D eigenvalue weighted by Gasteiger charge is -2.40. The predicted octanol–water partition coefficient (Wildman–Crippen LogP) is 3.97. The maximum atomic E-state index is 13.9. The fourth-order valence-corrected chi connectivity index (χ4v) is 4.43. The fourth-order valence-electron chi connectivity index (χ4n) is 4.43. The molecule has 8 nitrogen and oxygen atoms in total. The molecule has 2 atom stereocenters. The number of carbonyl (C=O) groups is 2. The maximum Gasteiger partial charge on any atom is 0.254 e. The van der Waals surface area contributed by atoms with Crippen molar-refractivity contribution in [1.29, 1.82) is 0 Å². The summed E-state index contributed by atoms with van der Waals surface area (Å²) in [4.78, 5) is 33.1. The minimum Gasteiger partial charge on any atom is -0.495 e. The Morgan fingerprint density at radius 1 is 1.00 bits per heavy atom. The molecule has 0 radical (unpaired) electrons. The molecule has 4 rings (SSSR count). The lowest BCUT2D eigenvalue weighted by atomic mass is 9.79. The van der Waals surface area contributed by atoms with Crippen molar-refractivity contribution < 1.29 is 23.8 Å². The first-order valence-corrected chi connectivity index (χ1v) is 10.8. The molecule has 176 valence electrons. The molecular weight excluding hydrogens is 434 g/mol. The van der Waals surface area contributed by atoms with E-state index in [1.807, 2.05) is 31.2 Å². The number of amides is 2. The highest BCUT2D eigenvalue weighted by molar-refractivity contribution is 6.05. The van der Waals surface area contributed by atoms with Crippen LogP contribution in [0.15, 0.2) is 54.9 Å². The molecule has 0 spiro atoms. The number of ether oxygens (including phenoxy) is 3. The third-order valence-electron chi connectivity index (χ3n) is 6.10. The normalized spacial score (nSPS) is 17.1. The van der Waals surface area contributed by atoms with Crippen LogP contribution in [0.5, 0.6) is 17.2 Å². The van der Waals surface area contributed by atoms with Crippen LogP contribution in [-0.4, -0.2) is 50.1 Å². The van der Waals surface area contributed by atoms with Gasteiger partial charge in [-0.1, -0.05) is 12.1 Å². The van der Waals surface area contributed by atoms with Crippen molar-refractivity contribution in [2.45, 2.75) is 18.9 Å². The quantitative estimate of drug-likeness (QED) is 0.598. The van der Waals surface area contributed by atoms with Crippen molar-refractivity contribution in [3.63, 3.8) is 0 Å². The molecule has 8 heteroatoms. The Kier molecular flexibility index (Phi) is 6.40. The number of aryl methyl sites for hydroxylation is 1. The van der Waals surface area contributed by atoms with Crippen molar-refractivity contribution in [2.24, 2.45) is 0 Å². The SMILES string of the molecule is COc1ccc(C)cc1NC(=O)[C@@H]1c2cc(OC)c(OC)cc2C(=O)N(C)[C@@H]1c1cccnc1. The lowest BCUT2D eigenvalue weighted by Crippen LogP contribution is -2.44. The number of rotatable bonds is 6. The van der Waals surface area contributed by atoms with Gasteiger partial charge in [-0.2, -0.15) is 0 Å². The topological polar surface area (TPSA) is 90.0 Å². The van der Waals surface area contributed by atoms with E-state index < -0.39 is 12.0 Å². The van der Waals surface area contributed by atoms with Crippen molar-refractivity contribution in [2.75, 3.05) is 33.7 Å². The molecule has 2 aromatic carbocycles. The highest BCUT2D eigenvalue weighted by atomic mass is 16.5. The molecule has 0 bridgehead atoms. The number of methoxy groups -OCH3 is 3. The molecular formula is C26H27N3O5. The summed E-state index contributed by atoms with van der Waals surface area (Å²) in [5, 5.41) is 3.02. The number of nitrogens with zero attached hydrogens (tertiary/aromatic N) is 2. The second-order valence-electron chi connectivity index (χ2n) is 8.11. The van der Waals surface area contributed by atoms with Gasteiger partial charge >= 0.3 is 0 Å². The molecule has 2 amide bonds. The summed E-state index contributed by atoms with van der Waals surface area (Å²) in [6.45, 7) is 1.94. The van der Waals surface area contributed by atoms with Gasteiger partial charge in [-0.3, -0.25) is 14.6 Å². The van der Waals surface area contributed by atoms with E-state index in [2.05, 4.69) is 10.3 Å². The van der Waals surface area contributed by atoms with Crippen LogP contribution in [0, 0.1) is 6.92 Å². The van der Waals surface area contributed by atoms with E-state index in [0.717, 1.165) is 11.1 Å². The smallest absolute Gasteiger partial charge is 0.254 e. The number of hydrogen-bond acceptors (Lipinski definition) is 6. The Balaban J connectivity index is 1.89. The largest absolute Gasteiger partial charge is 0.495 e. The minimum absolute atomic E-state index is 0.220. The molecule has 1 aliphatic rings. The highest BCUT2D eigenvalue weighted by Gasteiger charge is 2.44. The first kappa shape index (κ1) is 23.1. The Bertz CT molecular complexity index is 1230. The number of anilines is 1. The standard InChI is InChI=1S/C26H27N3O5/c1-15-8-9-20(32-3)19(11-15)28-25(30)23-17-12-21(33-4)22(34-5)13-18(17)26(31)29(2)24(23)16-7-6-10-27-14-16/h6-14,23-24H,1-5H3,(H,28,30)/t23-,24-/m1/s1. The molecule has 34 heavy (non-hydrogen) atoms. The first-order chi connectivity index (χ1) is 16.4. The zero-order valence-corrected chi connectivity index (χ0v) is 19.8. The van der Waals surface area contributed by atoms with Gasteiger partial charge < -0.3 is 24.4 Å². The summed E-state index contributed by atoms with van der Waals surface area (Å²) in [7, 11) is 6.27. The zero-order chi connectivity index (χ0) is 24.4. The van der Waals surface area contributed by atoms with Gasteiger partial charge in [0.2, 0.25) is 5.91 Å². The number of pyridine rings is 1. The van der Waals surface area contributed by atoms with Crippen LogP contribution < -0.4 is 19.5 Å². The van der Waals surface area contributed by atoms with Gasteiger partial charge in [0.1, 0.15) is 5.75 Å². The summed E-state index contributed by atoms with van der Waals surface area (Å²) in [6.07, 6.45) is 3.33. The molecule has 0 unspecified atom stereocenters. The van der Waals surface area contributed by atoms with Crippen LogP contribution in [0.25, 0.3) is 0 Å². The summed E-state index contributed by atoms with van der Waals surface area (Å²) < 4.78 is 16.3. The van der Waals surface area contributed by atoms with E-state index >= 15 is 0 Å². The molecule has 2 heterocycles. The van der Waals surface area contributed by atoms with Crippen molar-refractivity contribution in [3.05, 3.63) is 77.1 Å². The highest BCUT2D eigenvalue weighted by Crippen LogP contribution is 2.46. The molecule has 0 fully saturated rings. The average Bonchev–Trinajstić information content (AvgIpc) is 2.85. The summed E-state index contributed by atoms with van der Waals surface area (Å²) in [5.74, 6) is 0.154.